The zero-order chi connectivity index (χ0) is 34.7. The van der Waals surface area contributed by atoms with Crippen LogP contribution < -0.4 is 0 Å². The molecule has 244 valence electrons. The van der Waals surface area contributed by atoms with Crippen molar-refractivity contribution in [3.05, 3.63) is 131 Å². The molecule has 6 aromatic carbocycles. The molecule has 0 fully saturated rings. The number of fused-ring (bicyclic) bond motifs is 2. The van der Waals surface area contributed by atoms with E-state index in [1.54, 1.807) is 0 Å². The molecule has 0 atom stereocenters. The Bertz CT molecular complexity index is 1800. The van der Waals surface area contributed by atoms with Gasteiger partial charge in [-0.3, -0.25) is 0 Å². The number of hydrogen-bond acceptors (Lipinski definition) is 0. The number of halogens is 2. The Hall–Kier alpha value is -2.22. The maximum absolute atomic E-state index is 4.93. The molecule has 2 radical (unpaired) electrons. The molecule has 0 bridgehead atoms. The normalized spacial score (nSPS) is 10.7. The molecule has 6 rings (SSSR count). The van der Waals surface area contributed by atoms with E-state index in [4.69, 9.17) is 17.0 Å². The van der Waals surface area contributed by atoms with Crippen LogP contribution in [0.1, 0.15) is 87.1 Å². The molecule has 0 aromatic heterocycles. The summed E-state index contributed by atoms with van der Waals surface area (Å²) in [4.78, 5) is 0. The van der Waals surface area contributed by atoms with Crippen LogP contribution in [0, 0.1) is 13.8 Å². The minimum atomic E-state index is -0.826. The minimum absolute atomic E-state index is 0.577. The van der Waals surface area contributed by atoms with Gasteiger partial charge in [0, 0.05) is 9.52 Å². The van der Waals surface area contributed by atoms with Gasteiger partial charge >= 0.3 is 37.9 Å². The zero-order valence-corrected chi connectivity index (χ0v) is 34.8. The molecule has 0 saturated heterocycles. The number of hydrogen-bond donors (Lipinski definition) is 0. The van der Waals surface area contributed by atoms with Gasteiger partial charge in [-0.2, -0.15) is 12.1 Å². The van der Waals surface area contributed by atoms with Crippen LogP contribution in [-0.2, 0) is 20.8 Å². The third kappa shape index (κ3) is 10.6. The van der Waals surface area contributed by atoms with Gasteiger partial charge in [-0.25, -0.2) is 0 Å². The van der Waals surface area contributed by atoms with E-state index in [9.17, 15) is 0 Å². The number of benzene rings is 4. The molecule has 0 aliphatic heterocycles. The Balaban J connectivity index is 0.000000219. The molecule has 47 heavy (non-hydrogen) atoms. The monoisotopic (exact) mass is 754 g/mol. The maximum atomic E-state index is 4.93. The van der Waals surface area contributed by atoms with Gasteiger partial charge in [0.25, 0.3) is 0 Å². The molecule has 6 aromatic rings. The van der Waals surface area contributed by atoms with Crippen molar-refractivity contribution >= 4 is 48.1 Å². The molecule has 0 spiro atoms. The molecular weight excluding hydrogens is 707 g/mol. The van der Waals surface area contributed by atoms with Crippen molar-refractivity contribution in [1.29, 1.82) is 0 Å². The predicted octanol–water partition coefficient (Wildman–Crippen LogP) is 14.6. The molecule has 0 nitrogen and oxygen atoms in total. The van der Waals surface area contributed by atoms with Gasteiger partial charge in [-0.1, -0.05) is 140 Å². The predicted molar refractivity (Wildman–Crippen MR) is 211 cm³/mol. The van der Waals surface area contributed by atoms with Crippen molar-refractivity contribution in [3.63, 3.8) is 0 Å². The van der Waals surface area contributed by atoms with Crippen molar-refractivity contribution in [2.24, 2.45) is 0 Å². The van der Waals surface area contributed by atoms with Crippen LogP contribution >= 0.6 is 17.0 Å². The summed E-state index contributed by atoms with van der Waals surface area (Å²) in [6.45, 7) is 22.1. The van der Waals surface area contributed by atoms with Crippen LogP contribution in [0.5, 0.6) is 0 Å². The first-order valence-electron chi connectivity index (χ1n) is 16.6. The second-order valence-electron chi connectivity index (χ2n) is 13.2. The van der Waals surface area contributed by atoms with E-state index >= 15 is 0 Å². The van der Waals surface area contributed by atoms with E-state index < -0.39 is 20.8 Å². The average molecular weight is 757 g/mol. The molecular formula is C43H50Cl2SiZr. The molecule has 0 N–H and O–H groups in total. The van der Waals surface area contributed by atoms with E-state index in [1.165, 1.54) is 71.6 Å². The van der Waals surface area contributed by atoms with Crippen molar-refractivity contribution in [2.75, 3.05) is 0 Å². The molecule has 0 aliphatic carbocycles. The van der Waals surface area contributed by atoms with Crippen LogP contribution in [0.2, 0.25) is 13.1 Å². The first-order valence-corrected chi connectivity index (χ1v) is 24.9. The van der Waals surface area contributed by atoms with Gasteiger partial charge in [0.15, 0.2) is 0 Å². The van der Waals surface area contributed by atoms with Gasteiger partial charge < -0.3 is 0 Å². The third-order valence-electron chi connectivity index (χ3n) is 8.47. The van der Waals surface area contributed by atoms with E-state index in [1.807, 2.05) is 0 Å². The fourth-order valence-electron chi connectivity index (χ4n) is 5.78. The summed E-state index contributed by atoms with van der Waals surface area (Å²) in [6.07, 6.45) is 0. The van der Waals surface area contributed by atoms with Crippen LogP contribution in [0.15, 0.2) is 103 Å². The summed E-state index contributed by atoms with van der Waals surface area (Å²) in [5, 5.41) is 5.48. The van der Waals surface area contributed by atoms with Gasteiger partial charge in [0.05, 0.1) is 0 Å². The van der Waals surface area contributed by atoms with E-state index in [0.717, 1.165) is 9.52 Å². The standard InChI is InChI=1S/C21H23.C20H21.C2H6Si.2ClH.Zr/c1-14(2)16-8-10-17(11-9-16)20-7-5-6-18-12-19(15(3)4)13-21(18)20;1-13(2)16-6-8-17(9-7-16)18-10-5-15(4)19-11-14(3)12-20(18)19;1-3-2;;;/h5-15H,1-4H3;5-13H,1-4H3;1-2H3;2*1H;/q2*-1;;;;+4/p-2. The van der Waals surface area contributed by atoms with Gasteiger partial charge in [-0.05, 0) is 40.0 Å². The van der Waals surface area contributed by atoms with Gasteiger partial charge in [0.2, 0.25) is 0 Å². The van der Waals surface area contributed by atoms with E-state index in [2.05, 4.69) is 172 Å². The number of aryl methyl sites for hydroxylation is 2. The molecule has 0 unspecified atom stereocenters. The molecule has 0 saturated carbocycles. The summed E-state index contributed by atoms with van der Waals surface area (Å²) in [6, 6.07) is 38.4. The van der Waals surface area contributed by atoms with Gasteiger partial charge in [0.1, 0.15) is 0 Å². The SMILES string of the molecule is CC(C)c1ccc(-c2cccc3[cH-]c(C(C)C)cc23)cc1.C[Si]C.Cc1cc2c(-c3ccc(C(C)C)cc3)ccc(C)c2[cH-]1.[Cl][Zr+2][Cl]. The summed E-state index contributed by atoms with van der Waals surface area (Å²) in [7, 11) is 11.0. The summed E-state index contributed by atoms with van der Waals surface area (Å²) in [5.41, 5.74) is 12.2. The Morgan fingerprint density at radius 3 is 1.55 bits per heavy atom. The summed E-state index contributed by atoms with van der Waals surface area (Å²) in [5.74, 6) is 1.75. The molecule has 0 heterocycles. The van der Waals surface area contributed by atoms with Crippen LogP contribution in [-0.4, -0.2) is 9.52 Å². The van der Waals surface area contributed by atoms with Crippen LogP contribution in [0.3, 0.4) is 0 Å². The second kappa shape index (κ2) is 19.1. The summed E-state index contributed by atoms with van der Waals surface area (Å²) < 4.78 is 0. The fraction of sp³-hybridized carbons (Fsp3) is 0.302. The average Bonchev–Trinajstić information content (AvgIpc) is 3.67. The summed E-state index contributed by atoms with van der Waals surface area (Å²) >= 11 is -0.826. The van der Waals surface area contributed by atoms with E-state index in [-0.39, 0.29) is 0 Å². The zero-order valence-electron chi connectivity index (χ0n) is 29.8. The molecule has 4 heteroatoms. The first-order chi connectivity index (χ1) is 22.4. The van der Waals surface area contributed by atoms with Gasteiger partial charge in [-0.15, -0.1) is 68.6 Å². The van der Waals surface area contributed by atoms with Crippen LogP contribution in [0.25, 0.3) is 43.8 Å². The Labute approximate surface area is 306 Å². The fourth-order valence-corrected chi connectivity index (χ4v) is 5.78. The van der Waals surface area contributed by atoms with Crippen molar-refractivity contribution in [3.8, 4) is 22.3 Å². The topological polar surface area (TPSA) is 0 Å². The quantitative estimate of drug-likeness (QED) is 0.121. The van der Waals surface area contributed by atoms with Crippen molar-refractivity contribution in [1.82, 2.24) is 0 Å². The van der Waals surface area contributed by atoms with Crippen LogP contribution in [0.4, 0.5) is 0 Å². The molecule has 0 aliphatic rings. The number of rotatable bonds is 5. The second-order valence-corrected chi connectivity index (χ2v) is 17.9. The third-order valence-corrected chi connectivity index (χ3v) is 8.47. The Morgan fingerprint density at radius 1 is 0.596 bits per heavy atom. The molecule has 0 amide bonds. The van der Waals surface area contributed by atoms with E-state index in [0.29, 0.717) is 17.8 Å². The van der Waals surface area contributed by atoms with Crippen molar-refractivity contribution in [2.45, 2.75) is 86.2 Å². The first kappa shape index (κ1) is 39.2. The Morgan fingerprint density at radius 2 is 1.09 bits per heavy atom. The van der Waals surface area contributed by atoms with Crippen molar-refractivity contribution < 1.29 is 20.8 Å². The Kier molecular flexibility index (Phi) is 15.9.